The van der Waals surface area contributed by atoms with Gasteiger partial charge in [0.2, 0.25) is 0 Å². The molecule has 0 aliphatic heterocycles. The van der Waals surface area contributed by atoms with E-state index in [1.165, 1.54) is 19.3 Å². The van der Waals surface area contributed by atoms with Crippen molar-refractivity contribution >= 4 is 5.97 Å². The Morgan fingerprint density at radius 1 is 1.39 bits per heavy atom. The van der Waals surface area contributed by atoms with Crippen molar-refractivity contribution in [2.75, 3.05) is 26.3 Å². The number of hydrogen-bond donors (Lipinski definition) is 2. The highest BCUT2D eigenvalue weighted by atomic mass is 16.5. The number of nitrogens with one attached hydrogen (secondary N) is 1. The molecule has 0 aromatic heterocycles. The molecule has 0 unspecified atom stereocenters. The molecule has 1 fully saturated rings. The SMILES string of the molecule is C=C(CNCC1(CO)CCCCC1)C(=O)OCC. The Hall–Kier alpha value is -0.870. The van der Waals surface area contributed by atoms with Crippen LogP contribution in [-0.2, 0) is 9.53 Å². The van der Waals surface area contributed by atoms with Gasteiger partial charge >= 0.3 is 5.97 Å². The topological polar surface area (TPSA) is 58.6 Å². The maximum absolute atomic E-state index is 11.4. The molecule has 0 amide bonds. The van der Waals surface area contributed by atoms with Crippen LogP contribution < -0.4 is 5.32 Å². The summed E-state index contributed by atoms with van der Waals surface area (Å²) in [6.07, 6.45) is 5.74. The van der Waals surface area contributed by atoms with Crippen molar-refractivity contribution in [3.05, 3.63) is 12.2 Å². The van der Waals surface area contributed by atoms with Crippen LogP contribution in [0, 0.1) is 5.41 Å². The predicted molar refractivity (Wildman–Crippen MR) is 71.2 cm³/mol. The van der Waals surface area contributed by atoms with Gasteiger partial charge in [-0.05, 0) is 19.8 Å². The molecule has 2 N–H and O–H groups in total. The maximum atomic E-state index is 11.4. The van der Waals surface area contributed by atoms with Crippen LogP contribution in [0.2, 0.25) is 0 Å². The number of carbonyl (C=O) groups is 1. The van der Waals surface area contributed by atoms with E-state index in [0.717, 1.165) is 19.4 Å². The molecule has 0 aromatic carbocycles. The van der Waals surface area contributed by atoms with E-state index in [0.29, 0.717) is 18.7 Å². The van der Waals surface area contributed by atoms with Gasteiger partial charge in [0.05, 0.1) is 6.61 Å². The third-order valence-corrected chi connectivity index (χ3v) is 3.65. The lowest BCUT2D eigenvalue weighted by Crippen LogP contribution is -2.40. The van der Waals surface area contributed by atoms with Gasteiger partial charge in [-0.1, -0.05) is 25.8 Å². The van der Waals surface area contributed by atoms with Crippen molar-refractivity contribution < 1.29 is 14.6 Å². The van der Waals surface area contributed by atoms with Crippen LogP contribution in [-0.4, -0.2) is 37.4 Å². The van der Waals surface area contributed by atoms with E-state index in [4.69, 9.17) is 4.74 Å². The molecule has 0 bridgehead atoms. The molecule has 4 nitrogen and oxygen atoms in total. The molecule has 0 radical (unpaired) electrons. The minimum absolute atomic E-state index is 0.00675. The highest BCUT2D eigenvalue weighted by molar-refractivity contribution is 5.88. The minimum atomic E-state index is -0.341. The zero-order valence-electron chi connectivity index (χ0n) is 11.3. The van der Waals surface area contributed by atoms with Gasteiger partial charge in [-0.2, -0.15) is 0 Å². The molecule has 0 spiro atoms. The summed E-state index contributed by atoms with van der Waals surface area (Å²) >= 11 is 0. The summed E-state index contributed by atoms with van der Waals surface area (Å²) in [4.78, 5) is 11.4. The lowest BCUT2D eigenvalue weighted by molar-refractivity contribution is -0.138. The predicted octanol–water partition coefficient (Wildman–Crippen LogP) is 1.64. The Kier molecular flexibility index (Phi) is 6.36. The van der Waals surface area contributed by atoms with E-state index in [9.17, 15) is 9.90 Å². The van der Waals surface area contributed by atoms with Crippen LogP contribution in [0.1, 0.15) is 39.0 Å². The van der Waals surface area contributed by atoms with Gasteiger partial charge in [-0.3, -0.25) is 0 Å². The first kappa shape index (κ1) is 15.2. The molecular weight excluding hydrogens is 230 g/mol. The van der Waals surface area contributed by atoms with Crippen LogP contribution in [0.15, 0.2) is 12.2 Å². The standard InChI is InChI=1S/C14H25NO3/c1-3-18-13(17)12(2)9-15-10-14(11-16)7-5-4-6-8-14/h15-16H,2-11H2,1H3. The third-order valence-electron chi connectivity index (χ3n) is 3.65. The van der Waals surface area contributed by atoms with Crippen LogP contribution in [0.4, 0.5) is 0 Å². The number of carbonyl (C=O) groups excluding carboxylic acids is 1. The van der Waals surface area contributed by atoms with Crippen LogP contribution >= 0.6 is 0 Å². The van der Waals surface area contributed by atoms with Gasteiger partial charge in [0.15, 0.2) is 0 Å². The number of aliphatic hydroxyl groups excluding tert-OH is 1. The Labute approximate surface area is 109 Å². The highest BCUT2D eigenvalue weighted by Crippen LogP contribution is 2.35. The molecule has 1 saturated carbocycles. The number of esters is 1. The second-order valence-electron chi connectivity index (χ2n) is 5.15. The van der Waals surface area contributed by atoms with Gasteiger partial charge in [-0.25, -0.2) is 4.79 Å². The van der Waals surface area contributed by atoms with Crippen LogP contribution in [0.25, 0.3) is 0 Å². The minimum Gasteiger partial charge on any atom is -0.463 e. The fraction of sp³-hybridized carbons (Fsp3) is 0.786. The summed E-state index contributed by atoms with van der Waals surface area (Å²) in [6.45, 7) is 7.24. The molecule has 18 heavy (non-hydrogen) atoms. The fourth-order valence-electron chi connectivity index (χ4n) is 2.48. The number of aliphatic hydroxyl groups is 1. The van der Waals surface area contributed by atoms with Crippen molar-refractivity contribution in [3.63, 3.8) is 0 Å². The molecular formula is C14H25NO3. The van der Waals surface area contributed by atoms with Crippen molar-refractivity contribution in [2.24, 2.45) is 5.41 Å². The quantitative estimate of drug-likeness (QED) is 0.536. The number of hydrogen-bond acceptors (Lipinski definition) is 4. The monoisotopic (exact) mass is 255 g/mol. The highest BCUT2D eigenvalue weighted by Gasteiger charge is 2.30. The summed E-state index contributed by atoms with van der Waals surface area (Å²) in [7, 11) is 0. The van der Waals surface area contributed by atoms with Gasteiger partial charge in [-0.15, -0.1) is 0 Å². The van der Waals surface area contributed by atoms with Crippen molar-refractivity contribution in [1.29, 1.82) is 0 Å². The lowest BCUT2D eigenvalue weighted by Gasteiger charge is -2.35. The zero-order chi connectivity index (χ0) is 13.4. The summed E-state index contributed by atoms with van der Waals surface area (Å²) in [5.41, 5.74) is 0.438. The number of ether oxygens (including phenoxy) is 1. The van der Waals surface area contributed by atoms with Gasteiger partial charge in [0, 0.05) is 30.7 Å². The van der Waals surface area contributed by atoms with Crippen LogP contribution in [0.3, 0.4) is 0 Å². The second kappa shape index (κ2) is 7.54. The first-order chi connectivity index (χ1) is 8.63. The zero-order valence-corrected chi connectivity index (χ0v) is 11.3. The average molecular weight is 255 g/mol. The second-order valence-corrected chi connectivity index (χ2v) is 5.15. The maximum Gasteiger partial charge on any atom is 0.334 e. The molecule has 0 heterocycles. The smallest absolute Gasteiger partial charge is 0.334 e. The Bertz CT molecular complexity index is 283. The van der Waals surface area contributed by atoms with E-state index in [1.54, 1.807) is 6.92 Å². The number of rotatable bonds is 7. The lowest BCUT2D eigenvalue weighted by atomic mass is 9.74. The van der Waals surface area contributed by atoms with E-state index < -0.39 is 0 Å². The van der Waals surface area contributed by atoms with Crippen molar-refractivity contribution in [1.82, 2.24) is 5.32 Å². The van der Waals surface area contributed by atoms with Gasteiger partial charge in [0.25, 0.3) is 0 Å². The Balaban J connectivity index is 2.31. The average Bonchev–Trinajstić information content (AvgIpc) is 2.40. The molecule has 1 rings (SSSR count). The van der Waals surface area contributed by atoms with Crippen molar-refractivity contribution in [2.45, 2.75) is 39.0 Å². The van der Waals surface area contributed by atoms with Gasteiger partial charge in [0.1, 0.15) is 0 Å². The van der Waals surface area contributed by atoms with E-state index in [-0.39, 0.29) is 18.0 Å². The Morgan fingerprint density at radius 2 is 2.06 bits per heavy atom. The summed E-state index contributed by atoms with van der Waals surface area (Å²) in [6, 6.07) is 0. The molecule has 0 atom stereocenters. The summed E-state index contributed by atoms with van der Waals surface area (Å²) in [5, 5.41) is 12.8. The molecule has 104 valence electrons. The van der Waals surface area contributed by atoms with Crippen molar-refractivity contribution in [3.8, 4) is 0 Å². The fourth-order valence-corrected chi connectivity index (χ4v) is 2.48. The van der Waals surface area contributed by atoms with Gasteiger partial charge < -0.3 is 15.2 Å². The molecule has 1 aliphatic rings. The molecule has 4 heteroatoms. The normalized spacial score (nSPS) is 18.3. The first-order valence-corrected chi connectivity index (χ1v) is 6.80. The van der Waals surface area contributed by atoms with Crippen LogP contribution in [0.5, 0.6) is 0 Å². The molecule has 1 aliphatic carbocycles. The molecule has 0 aromatic rings. The summed E-state index contributed by atoms with van der Waals surface area (Å²) in [5.74, 6) is -0.341. The van der Waals surface area contributed by atoms with E-state index in [2.05, 4.69) is 11.9 Å². The largest absolute Gasteiger partial charge is 0.463 e. The summed E-state index contributed by atoms with van der Waals surface area (Å²) < 4.78 is 4.87. The molecule has 0 saturated heterocycles. The third kappa shape index (κ3) is 4.42. The van der Waals surface area contributed by atoms with E-state index in [1.807, 2.05) is 0 Å². The Morgan fingerprint density at radius 3 is 2.61 bits per heavy atom. The first-order valence-electron chi connectivity index (χ1n) is 6.80. The van der Waals surface area contributed by atoms with E-state index >= 15 is 0 Å².